The van der Waals surface area contributed by atoms with Crippen LogP contribution in [0, 0.1) is 6.92 Å². The largest absolute Gasteiger partial charge is 0.387 e. The van der Waals surface area contributed by atoms with E-state index >= 15 is 0 Å². The van der Waals surface area contributed by atoms with Crippen molar-refractivity contribution >= 4 is 5.95 Å². The van der Waals surface area contributed by atoms with Crippen LogP contribution in [0.3, 0.4) is 0 Å². The molecule has 3 rings (SSSR count). The minimum atomic E-state index is -0.416. The number of aryl methyl sites for hydroxylation is 2. The second-order valence-electron chi connectivity index (χ2n) is 6.05. The maximum atomic E-state index is 10.4. The molecule has 22 heavy (non-hydrogen) atoms. The predicted molar refractivity (Wildman–Crippen MR) is 88.0 cm³/mol. The SMILES string of the molecule is Cc1ccc(C(O)CN2CCN(c3nccn3C)CC2)cc1. The molecule has 1 N–H and O–H groups in total. The lowest BCUT2D eigenvalue weighted by atomic mass is 10.1. The van der Waals surface area contributed by atoms with Crippen LogP contribution in [0.25, 0.3) is 0 Å². The average molecular weight is 300 g/mol. The summed E-state index contributed by atoms with van der Waals surface area (Å²) in [6.45, 7) is 6.56. The van der Waals surface area contributed by atoms with Gasteiger partial charge in [0.15, 0.2) is 0 Å². The van der Waals surface area contributed by atoms with Crippen molar-refractivity contribution in [1.82, 2.24) is 14.5 Å². The van der Waals surface area contributed by atoms with Crippen LogP contribution in [0.5, 0.6) is 0 Å². The van der Waals surface area contributed by atoms with E-state index in [9.17, 15) is 5.11 Å². The number of aliphatic hydroxyl groups is 1. The molecule has 1 atom stereocenters. The summed E-state index contributed by atoms with van der Waals surface area (Å²) in [5.74, 6) is 1.03. The molecule has 1 aromatic heterocycles. The molecule has 1 saturated heterocycles. The van der Waals surface area contributed by atoms with Crippen molar-refractivity contribution < 1.29 is 5.11 Å². The van der Waals surface area contributed by atoms with Gasteiger partial charge in [0.2, 0.25) is 5.95 Å². The maximum Gasteiger partial charge on any atom is 0.205 e. The zero-order valence-corrected chi connectivity index (χ0v) is 13.3. The zero-order chi connectivity index (χ0) is 15.5. The number of hydrogen-bond donors (Lipinski definition) is 1. The quantitative estimate of drug-likeness (QED) is 0.931. The van der Waals surface area contributed by atoms with Gasteiger partial charge in [0.25, 0.3) is 0 Å². The molecular formula is C17H24N4O. The molecule has 2 heterocycles. The Bertz CT molecular complexity index is 599. The van der Waals surface area contributed by atoms with Crippen LogP contribution < -0.4 is 4.90 Å². The lowest BCUT2D eigenvalue weighted by Gasteiger charge is -2.36. The van der Waals surface area contributed by atoms with Gasteiger partial charge in [-0.25, -0.2) is 4.98 Å². The summed E-state index contributed by atoms with van der Waals surface area (Å²) in [7, 11) is 2.02. The van der Waals surface area contributed by atoms with Crippen molar-refractivity contribution in [3.05, 3.63) is 47.8 Å². The number of nitrogens with zero attached hydrogens (tertiary/aromatic N) is 4. The number of hydrogen-bond acceptors (Lipinski definition) is 4. The van der Waals surface area contributed by atoms with E-state index in [1.165, 1.54) is 5.56 Å². The standard InChI is InChI=1S/C17H24N4O/c1-14-3-5-15(6-4-14)16(22)13-20-9-11-21(12-10-20)17-18-7-8-19(17)2/h3-8,16,22H,9-13H2,1-2H3. The minimum absolute atomic E-state index is 0.416. The molecule has 0 bridgehead atoms. The zero-order valence-electron chi connectivity index (χ0n) is 13.3. The van der Waals surface area contributed by atoms with E-state index in [4.69, 9.17) is 0 Å². The number of aliphatic hydroxyl groups excluding tert-OH is 1. The molecule has 0 spiro atoms. The van der Waals surface area contributed by atoms with Gasteiger partial charge >= 0.3 is 0 Å². The predicted octanol–water partition coefficient (Wildman–Crippen LogP) is 1.58. The maximum absolute atomic E-state index is 10.4. The van der Waals surface area contributed by atoms with Crippen LogP contribution in [0.2, 0.25) is 0 Å². The first-order valence-corrected chi connectivity index (χ1v) is 7.83. The van der Waals surface area contributed by atoms with Gasteiger partial charge in [0.1, 0.15) is 0 Å². The number of imidazole rings is 1. The Morgan fingerprint density at radius 1 is 1.14 bits per heavy atom. The fourth-order valence-corrected chi connectivity index (χ4v) is 2.93. The van der Waals surface area contributed by atoms with Crippen LogP contribution in [0.1, 0.15) is 17.2 Å². The summed E-state index contributed by atoms with van der Waals surface area (Å²) in [4.78, 5) is 9.03. The van der Waals surface area contributed by atoms with Crippen LogP contribution in [0.4, 0.5) is 5.95 Å². The molecule has 118 valence electrons. The van der Waals surface area contributed by atoms with E-state index < -0.39 is 6.10 Å². The Labute approximate surface area is 131 Å². The molecule has 0 radical (unpaired) electrons. The van der Waals surface area contributed by atoms with Gasteiger partial charge in [0.05, 0.1) is 6.10 Å². The van der Waals surface area contributed by atoms with Crippen LogP contribution >= 0.6 is 0 Å². The van der Waals surface area contributed by atoms with Gasteiger partial charge < -0.3 is 14.6 Å². The number of piperazine rings is 1. The molecule has 0 aliphatic carbocycles. The number of β-amino-alcohol motifs (C(OH)–C–C–N with tert-alkyl or cyclic N) is 1. The van der Waals surface area contributed by atoms with Crippen LogP contribution in [-0.4, -0.2) is 52.3 Å². The van der Waals surface area contributed by atoms with Crippen LogP contribution in [-0.2, 0) is 7.05 Å². The molecule has 2 aromatic rings. The first-order chi connectivity index (χ1) is 10.6. The normalized spacial score (nSPS) is 17.7. The molecule has 5 nitrogen and oxygen atoms in total. The van der Waals surface area contributed by atoms with E-state index in [1.54, 1.807) is 0 Å². The molecule has 5 heteroatoms. The van der Waals surface area contributed by atoms with Crippen molar-refractivity contribution in [2.45, 2.75) is 13.0 Å². The third kappa shape index (κ3) is 3.31. The summed E-state index contributed by atoms with van der Waals surface area (Å²) in [6.07, 6.45) is 3.39. The van der Waals surface area contributed by atoms with Crippen molar-refractivity contribution in [1.29, 1.82) is 0 Å². The van der Waals surface area contributed by atoms with Crippen molar-refractivity contribution in [2.24, 2.45) is 7.05 Å². The lowest BCUT2D eigenvalue weighted by molar-refractivity contribution is 0.109. The smallest absolute Gasteiger partial charge is 0.205 e. The first kappa shape index (κ1) is 15.1. The van der Waals surface area contributed by atoms with Gasteiger partial charge in [-0.1, -0.05) is 29.8 Å². The fourth-order valence-electron chi connectivity index (χ4n) is 2.93. The first-order valence-electron chi connectivity index (χ1n) is 7.83. The third-order valence-corrected chi connectivity index (χ3v) is 4.34. The van der Waals surface area contributed by atoms with E-state index in [-0.39, 0.29) is 0 Å². The van der Waals surface area contributed by atoms with Gasteiger partial charge in [-0.2, -0.15) is 0 Å². The molecule has 1 aliphatic rings. The Morgan fingerprint density at radius 2 is 1.82 bits per heavy atom. The molecular weight excluding hydrogens is 276 g/mol. The Kier molecular flexibility index (Phi) is 4.45. The topological polar surface area (TPSA) is 44.5 Å². The van der Waals surface area contributed by atoms with Crippen molar-refractivity contribution in [3.63, 3.8) is 0 Å². The van der Waals surface area contributed by atoms with Gasteiger partial charge in [0, 0.05) is 52.2 Å². The monoisotopic (exact) mass is 300 g/mol. The summed E-state index contributed by atoms with van der Waals surface area (Å²) < 4.78 is 2.05. The molecule has 0 saturated carbocycles. The summed E-state index contributed by atoms with van der Waals surface area (Å²) in [6, 6.07) is 8.14. The summed E-state index contributed by atoms with van der Waals surface area (Å²) >= 11 is 0. The summed E-state index contributed by atoms with van der Waals surface area (Å²) in [5.41, 5.74) is 2.22. The van der Waals surface area contributed by atoms with E-state index in [2.05, 4.69) is 38.4 Å². The molecule has 1 aliphatic heterocycles. The highest BCUT2D eigenvalue weighted by Crippen LogP contribution is 2.18. The Balaban J connectivity index is 1.53. The van der Waals surface area contributed by atoms with Gasteiger partial charge in [-0.3, -0.25) is 4.90 Å². The summed E-state index contributed by atoms with van der Waals surface area (Å²) in [5, 5.41) is 10.4. The van der Waals surface area contributed by atoms with Crippen molar-refractivity contribution in [3.8, 4) is 0 Å². The molecule has 0 amide bonds. The van der Waals surface area contributed by atoms with Gasteiger partial charge in [-0.15, -0.1) is 0 Å². The van der Waals surface area contributed by atoms with Gasteiger partial charge in [-0.05, 0) is 12.5 Å². The second-order valence-corrected chi connectivity index (χ2v) is 6.05. The number of benzene rings is 1. The highest BCUT2D eigenvalue weighted by Gasteiger charge is 2.21. The second kappa shape index (κ2) is 6.50. The minimum Gasteiger partial charge on any atom is -0.387 e. The van der Waals surface area contributed by atoms with Crippen LogP contribution in [0.15, 0.2) is 36.7 Å². The third-order valence-electron chi connectivity index (χ3n) is 4.34. The van der Waals surface area contributed by atoms with E-state index in [0.717, 1.165) is 37.7 Å². The molecule has 1 unspecified atom stereocenters. The Morgan fingerprint density at radius 3 is 2.41 bits per heavy atom. The highest BCUT2D eigenvalue weighted by atomic mass is 16.3. The Hall–Kier alpha value is -1.85. The highest BCUT2D eigenvalue weighted by molar-refractivity contribution is 5.31. The fraction of sp³-hybridized carbons (Fsp3) is 0.471. The number of aromatic nitrogens is 2. The van der Waals surface area contributed by atoms with Crippen molar-refractivity contribution in [2.75, 3.05) is 37.6 Å². The van der Waals surface area contributed by atoms with E-state index in [0.29, 0.717) is 6.54 Å². The number of rotatable bonds is 4. The van der Waals surface area contributed by atoms with E-state index in [1.807, 2.05) is 31.6 Å². The molecule has 1 aromatic carbocycles. The average Bonchev–Trinajstić information content (AvgIpc) is 2.95. The number of anilines is 1. The molecule has 1 fully saturated rings. The lowest BCUT2D eigenvalue weighted by Crippen LogP contribution is -2.48.